The van der Waals surface area contributed by atoms with Gasteiger partial charge in [0.2, 0.25) is 5.91 Å². The Morgan fingerprint density at radius 1 is 1.33 bits per heavy atom. The third-order valence-corrected chi connectivity index (χ3v) is 5.19. The van der Waals surface area contributed by atoms with E-state index in [9.17, 15) is 9.59 Å². The van der Waals surface area contributed by atoms with Gasteiger partial charge >= 0.3 is 0 Å². The van der Waals surface area contributed by atoms with E-state index in [2.05, 4.69) is 17.7 Å². The zero-order valence-electron chi connectivity index (χ0n) is 14.9. The Hall–Kier alpha value is -1.08. The molecular weight excluding hydrogens is 305 g/mol. The first-order chi connectivity index (χ1) is 11.5. The fourth-order valence-corrected chi connectivity index (χ4v) is 3.80. The van der Waals surface area contributed by atoms with Crippen LogP contribution in [0.2, 0.25) is 6.32 Å². The number of nitrogens with zero attached hydrogens (tertiary/aromatic N) is 1. The second-order valence-electron chi connectivity index (χ2n) is 7.14. The van der Waals surface area contributed by atoms with Crippen LogP contribution in [-0.4, -0.2) is 56.3 Å². The van der Waals surface area contributed by atoms with Crippen molar-refractivity contribution in [2.45, 2.75) is 64.4 Å². The van der Waals surface area contributed by atoms with Gasteiger partial charge in [-0.3, -0.25) is 14.4 Å². The smallest absolute Gasteiger partial charge is 0.266 e. The lowest BCUT2D eigenvalue weighted by molar-refractivity contribution is -0.149. The van der Waals surface area contributed by atoms with Crippen LogP contribution in [0.25, 0.3) is 0 Å². The van der Waals surface area contributed by atoms with Gasteiger partial charge < -0.3 is 10.2 Å². The van der Waals surface area contributed by atoms with Gasteiger partial charge in [0, 0.05) is 19.5 Å². The summed E-state index contributed by atoms with van der Waals surface area (Å²) in [6.45, 7) is 5.68. The number of nitrogens with one attached hydrogen (secondary N) is 2. The minimum absolute atomic E-state index is 0.0424. The number of amides is 2. The van der Waals surface area contributed by atoms with Crippen LogP contribution in [0.4, 0.5) is 0 Å². The van der Waals surface area contributed by atoms with Crippen LogP contribution < -0.4 is 10.8 Å². The molecule has 0 spiro atoms. The van der Waals surface area contributed by atoms with Gasteiger partial charge in [-0.15, -0.1) is 0 Å². The maximum atomic E-state index is 12.4. The number of likely N-dealkylation sites (tertiary alicyclic amines) is 1. The summed E-state index contributed by atoms with van der Waals surface area (Å²) in [5, 5.41) is 3.34. The summed E-state index contributed by atoms with van der Waals surface area (Å²) < 4.78 is 0. The predicted octanol–water partition coefficient (Wildman–Crippen LogP) is 1.03. The Morgan fingerprint density at radius 3 is 2.75 bits per heavy atom. The molecule has 2 N–H and O–H groups in total. The van der Waals surface area contributed by atoms with Gasteiger partial charge in [-0.25, -0.2) is 5.48 Å². The number of hydrogen-bond donors (Lipinski definition) is 2. The van der Waals surface area contributed by atoms with Crippen molar-refractivity contribution in [3.63, 3.8) is 0 Å². The second-order valence-corrected chi connectivity index (χ2v) is 7.14. The minimum Gasteiger partial charge on any atom is -0.331 e. The van der Waals surface area contributed by atoms with Crippen LogP contribution in [0.15, 0.2) is 0 Å². The Balaban J connectivity index is 1.77. The number of carbonyl (C=O) groups is 2. The number of carbonyl (C=O) groups excluding carboxylic acids is 2. The lowest BCUT2D eigenvalue weighted by atomic mass is 9.89. The third-order valence-electron chi connectivity index (χ3n) is 5.19. The summed E-state index contributed by atoms with van der Waals surface area (Å²) in [4.78, 5) is 31.4. The second kappa shape index (κ2) is 9.42. The molecule has 24 heavy (non-hydrogen) atoms. The molecule has 2 aliphatic rings. The average Bonchev–Trinajstić information content (AvgIpc) is 3.03. The lowest BCUT2D eigenvalue weighted by Gasteiger charge is -2.38. The predicted molar refractivity (Wildman–Crippen MR) is 93.4 cm³/mol. The molecule has 7 heteroatoms. The highest BCUT2D eigenvalue weighted by Gasteiger charge is 2.34. The first-order valence-electron chi connectivity index (χ1n) is 9.17. The normalized spacial score (nSPS) is 30.3. The molecule has 0 aromatic rings. The van der Waals surface area contributed by atoms with E-state index in [1.807, 2.05) is 0 Å². The standard InChI is InChI=1S/C17H30BN3O3/c1-3-4-13-5-6-16(21(10-13)12(2)22)17(23)20-24-11-15-7-14(8-18)9-19-15/h13-16,19H,3-11H2,1-2H3,(H,20,23)/t13?,14?,15?,16-/m0/s1. The number of hydroxylamine groups is 1. The molecule has 0 aliphatic carbocycles. The van der Waals surface area contributed by atoms with E-state index >= 15 is 0 Å². The summed E-state index contributed by atoms with van der Waals surface area (Å²) in [7, 11) is 5.66. The maximum Gasteiger partial charge on any atom is 0.266 e. The van der Waals surface area contributed by atoms with E-state index in [-0.39, 0.29) is 17.9 Å². The first-order valence-corrected chi connectivity index (χ1v) is 9.17. The SMILES string of the molecule is [B]CC1CNC(CONC(=O)[C@@H]2CCC(CCC)CN2C(C)=O)C1. The molecule has 2 aliphatic heterocycles. The van der Waals surface area contributed by atoms with Gasteiger partial charge in [0.25, 0.3) is 5.91 Å². The van der Waals surface area contributed by atoms with Crippen LogP contribution >= 0.6 is 0 Å². The van der Waals surface area contributed by atoms with Crippen molar-refractivity contribution in [3.8, 4) is 0 Å². The molecule has 2 rings (SSSR count). The maximum absolute atomic E-state index is 12.4. The van der Waals surface area contributed by atoms with Gasteiger partial charge in [0.05, 0.1) is 14.5 Å². The van der Waals surface area contributed by atoms with Crippen LogP contribution in [0.1, 0.15) is 46.0 Å². The van der Waals surface area contributed by atoms with E-state index in [0.717, 1.165) is 32.2 Å². The van der Waals surface area contributed by atoms with Gasteiger partial charge in [-0.05, 0) is 44.1 Å². The number of piperidine rings is 1. The molecule has 4 atom stereocenters. The highest BCUT2D eigenvalue weighted by molar-refractivity contribution is 6.08. The first kappa shape index (κ1) is 19.3. The molecule has 6 nitrogen and oxygen atoms in total. The number of rotatable bonds is 7. The highest BCUT2D eigenvalue weighted by atomic mass is 16.7. The third kappa shape index (κ3) is 5.21. The van der Waals surface area contributed by atoms with Crippen LogP contribution in [-0.2, 0) is 14.4 Å². The molecule has 0 saturated carbocycles. The molecule has 3 unspecified atom stereocenters. The lowest BCUT2D eigenvalue weighted by Crippen LogP contribution is -2.53. The molecule has 0 bridgehead atoms. The molecule has 2 saturated heterocycles. The van der Waals surface area contributed by atoms with E-state index in [4.69, 9.17) is 12.7 Å². The molecule has 2 radical (unpaired) electrons. The van der Waals surface area contributed by atoms with Crippen molar-refractivity contribution in [3.05, 3.63) is 0 Å². The van der Waals surface area contributed by atoms with Crippen LogP contribution in [0, 0.1) is 11.8 Å². The minimum atomic E-state index is -0.413. The Bertz CT molecular complexity index is 435. The summed E-state index contributed by atoms with van der Waals surface area (Å²) in [5.74, 6) is 0.726. The van der Waals surface area contributed by atoms with Gasteiger partial charge in [-0.1, -0.05) is 19.7 Å². The number of hydrogen-bond acceptors (Lipinski definition) is 4. The van der Waals surface area contributed by atoms with Gasteiger partial charge in [0.1, 0.15) is 6.04 Å². The Kier molecular flexibility index (Phi) is 7.56. The zero-order valence-corrected chi connectivity index (χ0v) is 14.9. The van der Waals surface area contributed by atoms with Crippen molar-refractivity contribution in [1.82, 2.24) is 15.7 Å². The van der Waals surface area contributed by atoms with Crippen molar-refractivity contribution in [2.75, 3.05) is 19.7 Å². The summed E-state index contributed by atoms with van der Waals surface area (Å²) in [5.41, 5.74) is 2.54. The average molecular weight is 335 g/mol. The van der Waals surface area contributed by atoms with E-state index in [1.54, 1.807) is 4.90 Å². The van der Waals surface area contributed by atoms with Crippen LogP contribution in [0.5, 0.6) is 0 Å². The molecular formula is C17H30BN3O3. The van der Waals surface area contributed by atoms with Crippen molar-refractivity contribution >= 4 is 19.7 Å². The zero-order chi connectivity index (χ0) is 17.5. The van der Waals surface area contributed by atoms with Crippen molar-refractivity contribution in [1.29, 1.82) is 0 Å². The van der Waals surface area contributed by atoms with Crippen molar-refractivity contribution < 1.29 is 14.4 Å². The summed E-state index contributed by atoms with van der Waals surface area (Å²) in [6.07, 6.45) is 5.53. The molecule has 0 aromatic heterocycles. The molecule has 2 amide bonds. The largest absolute Gasteiger partial charge is 0.331 e. The van der Waals surface area contributed by atoms with Gasteiger partial charge in [-0.2, -0.15) is 0 Å². The Labute approximate surface area is 146 Å². The molecule has 134 valence electrons. The Morgan fingerprint density at radius 2 is 2.12 bits per heavy atom. The topological polar surface area (TPSA) is 70.7 Å². The molecule has 0 aromatic carbocycles. The quantitative estimate of drug-likeness (QED) is 0.538. The van der Waals surface area contributed by atoms with Crippen LogP contribution in [0.3, 0.4) is 0 Å². The van der Waals surface area contributed by atoms with Gasteiger partial charge in [0.15, 0.2) is 0 Å². The fourth-order valence-electron chi connectivity index (χ4n) is 3.80. The monoisotopic (exact) mass is 335 g/mol. The van der Waals surface area contributed by atoms with E-state index in [1.165, 1.54) is 6.92 Å². The molecule has 2 heterocycles. The fraction of sp³-hybridized carbons (Fsp3) is 0.882. The highest BCUT2D eigenvalue weighted by Crippen LogP contribution is 2.25. The molecule has 2 fully saturated rings. The summed E-state index contributed by atoms with van der Waals surface area (Å²) in [6, 6.07) is -0.188. The van der Waals surface area contributed by atoms with Crippen molar-refractivity contribution in [2.24, 2.45) is 11.8 Å². The van der Waals surface area contributed by atoms with E-state index < -0.39 is 6.04 Å². The van der Waals surface area contributed by atoms with E-state index in [0.29, 0.717) is 37.7 Å². The summed E-state index contributed by atoms with van der Waals surface area (Å²) >= 11 is 0.